The second kappa shape index (κ2) is 4.80. The van der Waals surface area contributed by atoms with E-state index < -0.39 is 5.97 Å². The molecule has 0 spiro atoms. The number of carboxylic acid groups (broad SMARTS) is 1. The van der Waals surface area contributed by atoms with Gasteiger partial charge in [-0.05, 0) is 53.7 Å². The first-order valence-corrected chi connectivity index (χ1v) is 7.64. The highest BCUT2D eigenvalue weighted by molar-refractivity contribution is 5.85. The van der Waals surface area contributed by atoms with Crippen LogP contribution in [0.3, 0.4) is 0 Å². The van der Waals surface area contributed by atoms with Crippen molar-refractivity contribution < 1.29 is 14.6 Å². The minimum Gasteiger partial charge on any atom is -0.477 e. The van der Waals surface area contributed by atoms with Gasteiger partial charge in [0, 0.05) is 6.20 Å². The molecule has 0 amide bonds. The van der Waals surface area contributed by atoms with E-state index in [9.17, 15) is 4.79 Å². The van der Waals surface area contributed by atoms with Crippen LogP contribution in [0.1, 0.15) is 56.1 Å². The van der Waals surface area contributed by atoms with E-state index in [1.165, 1.54) is 19.0 Å². The van der Waals surface area contributed by atoms with Crippen molar-refractivity contribution >= 4 is 5.97 Å². The third-order valence-electron chi connectivity index (χ3n) is 6.21. The molecule has 21 heavy (non-hydrogen) atoms. The Kier molecular flexibility index (Phi) is 3.32. The molecule has 0 radical (unpaired) electrons. The number of ether oxygens (including phenoxy) is 1. The number of hydrogen-bond acceptors (Lipinski definition) is 3. The fourth-order valence-electron chi connectivity index (χ4n) is 4.26. The number of hydrogen-bond donors (Lipinski definition) is 1. The summed E-state index contributed by atoms with van der Waals surface area (Å²) in [7, 11) is 0. The molecule has 0 aromatic carbocycles. The number of rotatable bonds is 4. The molecule has 3 atom stereocenters. The van der Waals surface area contributed by atoms with Gasteiger partial charge in [0.25, 0.3) is 0 Å². The van der Waals surface area contributed by atoms with E-state index in [1.54, 1.807) is 6.07 Å². The molecule has 2 aliphatic carbocycles. The third-order valence-corrected chi connectivity index (χ3v) is 6.21. The van der Waals surface area contributed by atoms with Crippen LogP contribution in [0.5, 0.6) is 0 Å². The number of carbonyl (C=O) groups is 1. The van der Waals surface area contributed by atoms with Crippen molar-refractivity contribution in [2.45, 2.75) is 52.7 Å². The highest BCUT2D eigenvalue weighted by atomic mass is 16.5. The van der Waals surface area contributed by atoms with Gasteiger partial charge < -0.3 is 9.84 Å². The lowest BCUT2D eigenvalue weighted by molar-refractivity contribution is -0.0550. The van der Waals surface area contributed by atoms with E-state index in [0.29, 0.717) is 12.0 Å². The van der Waals surface area contributed by atoms with Crippen LogP contribution < -0.4 is 0 Å². The van der Waals surface area contributed by atoms with E-state index in [-0.39, 0.29) is 17.2 Å². The Hall–Kier alpha value is -1.42. The Balaban J connectivity index is 1.69. The van der Waals surface area contributed by atoms with Gasteiger partial charge in [0.15, 0.2) is 0 Å². The highest BCUT2D eigenvalue weighted by Gasteiger charge is 2.61. The number of nitrogens with zero attached hydrogens (tertiary/aromatic N) is 1. The predicted molar refractivity (Wildman–Crippen MR) is 79.0 cm³/mol. The van der Waals surface area contributed by atoms with Gasteiger partial charge in [0.05, 0.1) is 12.7 Å². The first kappa shape index (κ1) is 14.5. The molecule has 2 bridgehead atoms. The molecule has 1 aromatic rings. The maximum atomic E-state index is 11.0. The third kappa shape index (κ3) is 2.16. The fraction of sp³-hybridized carbons (Fsp3) is 0.647. The van der Waals surface area contributed by atoms with Crippen molar-refractivity contribution in [1.29, 1.82) is 0 Å². The molecule has 3 rings (SSSR count). The zero-order chi connectivity index (χ0) is 15.3. The van der Waals surface area contributed by atoms with Crippen molar-refractivity contribution in [3.05, 3.63) is 29.6 Å². The van der Waals surface area contributed by atoms with Crippen molar-refractivity contribution in [3.63, 3.8) is 0 Å². The van der Waals surface area contributed by atoms with Gasteiger partial charge in [0.2, 0.25) is 0 Å². The highest BCUT2D eigenvalue weighted by Crippen LogP contribution is 2.66. The average molecular weight is 289 g/mol. The van der Waals surface area contributed by atoms with Gasteiger partial charge in [-0.15, -0.1) is 0 Å². The number of pyridine rings is 1. The molecule has 0 saturated heterocycles. The SMILES string of the molecule is CC1(C)C2CCC1(C)C(OCc1ccnc(C(=O)O)c1)C2. The zero-order valence-corrected chi connectivity index (χ0v) is 12.9. The Morgan fingerprint density at radius 1 is 1.48 bits per heavy atom. The quantitative estimate of drug-likeness (QED) is 0.921. The molecule has 114 valence electrons. The normalized spacial score (nSPS) is 33.3. The molecule has 2 aliphatic rings. The molecule has 3 unspecified atom stereocenters. The van der Waals surface area contributed by atoms with E-state index in [0.717, 1.165) is 17.9 Å². The largest absolute Gasteiger partial charge is 0.477 e. The maximum Gasteiger partial charge on any atom is 0.354 e. The summed E-state index contributed by atoms with van der Waals surface area (Å²) >= 11 is 0. The van der Waals surface area contributed by atoms with Crippen molar-refractivity contribution in [2.24, 2.45) is 16.7 Å². The first-order chi connectivity index (χ1) is 9.84. The summed E-state index contributed by atoms with van der Waals surface area (Å²) in [6, 6.07) is 3.43. The summed E-state index contributed by atoms with van der Waals surface area (Å²) in [5.74, 6) is -0.246. The lowest BCUT2D eigenvalue weighted by atomic mass is 9.70. The minimum absolute atomic E-state index is 0.0792. The van der Waals surface area contributed by atoms with E-state index in [2.05, 4.69) is 25.8 Å². The summed E-state index contributed by atoms with van der Waals surface area (Å²) in [5.41, 5.74) is 1.53. The van der Waals surface area contributed by atoms with Crippen LogP contribution in [0.25, 0.3) is 0 Å². The molecule has 1 heterocycles. The Bertz CT molecular complexity index is 569. The van der Waals surface area contributed by atoms with Crippen LogP contribution in [-0.4, -0.2) is 22.2 Å². The summed E-state index contributed by atoms with van der Waals surface area (Å²) in [5, 5.41) is 8.98. The number of aromatic nitrogens is 1. The molecule has 1 N–H and O–H groups in total. The van der Waals surface area contributed by atoms with Crippen LogP contribution in [0, 0.1) is 16.7 Å². The zero-order valence-electron chi connectivity index (χ0n) is 12.9. The standard InChI is InChI=1S/C17H23NO3/c1-16(2)12-4-6-17(16,3)14(9-12)21-10-11-5-7-18-13(8-11)15(19)20/h5,7-8,12,14H,4,6,9-10H2,1-3H3,(H,19,20). The minimum atomic E-state index is -0.995. The van der Waals surface area contributed by atoms with Crippen LogP contribution >= 0.6 is 0 Å². The van der Waals surface area contributed by atoms with Crippen molar-refractivity contribution in [2.75, 3.05) is 0 Å². The van der Waals surface area contributed by atoms with E-state index in [1.807, 2.05) is 6.07 Å². The number of aromatic carboxylic acids is 1. The Morgan fingerprint density at radius 3 is 2.81 bits per heavy atom. The second-order valence-corrected chi connectivity index (χ2v) is 7.26. The Morgan fingerprint density at radius 2 is 2.24 bits per heavy atom. The van der Waals surface area contributed by atoms with Crippen LogP contribution in [-0.2, 0) is 11.3 Å². The molecule has 0 aliphatic heterocycles. The van der Waals surface area contributed by atoms with Crippen molar-refractivity contribution in [1.82, 2.24) is 4.98 Å². The van der Waals surface area contributed by atoms with Gasteiger partial charge in [-0.1, -0.05) is 20.8 Å². The van der Waals surface area contributed by atoms with Crippen LogP contribution in [0.2, 0.25) is 0 Å². The molecule has 4 nitrogen and oxygen atoms in total. The first-order valence-electron chi connectivity index (χ1n) is 7.64. The van der Waals surface area contributed by atoms with Gasteiger partial charge in [-0.3, -0.25) is 0 Å². The molecule has 4 heteroatoms. The van der Waals surface area contributed by atoms with E-state index >= 15 is 0 Å². The summed E-state index contributed by atoms with van der Waals surface area (Å²) in [6.07, 6.45) is 5.47. The molecular weight excluding hydrogens is 266 g/mol. The van der Waals surface area contributed by atoms with Gasteiger partial charge in [-0.2, -0.15) is 0 Å². The molecule has 2 saturated carbocycles. The topological polar surface area (TPSA) is 59.4 Å². The summed E-state index contributed by atoms with van der Waals surface area (Å²) in [6.45, 7) is 7.54. The maximum absolute atomic E-state index is 11.0. The van der Waals surface area contributed by atoms with Crippen LogP contribution in [0.4, 0.5) is 0 Å². The van der Waals surface area contributed by atoms with Gasteiger partial charge >= 0.3 is 5.97 Å². The molecule has 1 aromatic heterocycles. The lowest BCUT2D eigenvalue weighted by Crippen LogP contribution is -2.37. The van der Waals surface area contributed by atoms with Gasteiger partial charge in [0.1, 0.15) is 5.69 Å². The smallest absolute Gasteiger partial charge is 0.354 e. The van der Waals surface area contributed by atoms with E-state index in [4.69, 9.17) is 9.84 Å². The molecular formula is C17H23NO3. The average Bonchev–Trinajstić information content (AvgIpc) is 2.78. The summed E-state index contributed by atoms with van der Waals surface area (Å²) in [4.78, 5) is 14.8. The monoisotopic (exact) mass is 289 g/mol. The summed E-state index contributed by atoms with van der Waals surface area (Å²) < 4.78 is 6.18. The second-order valence-electron chi connectivity index (χ2n) is 7.26. The van der Waals surface area contributed by atoms with Crippen molar-refractivity contribution in [3.8, 4) is 0 Å². The van der Waals surface area contributed by atoms with Gasteiger partial charge in [-0.25, -0.2) is 9.78 Å². The number of fused-ring (bicyclic) bond motifs is 2. The fourth-order valence-corrected chi connectivity index (χ4v) is 4.26. The lowest BCUT2D eigenvalue weighted by Gasteiger charge is -2.38. The van der Waals surface area contributed by atoms with Crippen LogP contribution in [0.15, 0.2) is 18.3 Å². The molecule has 2 fully saturated rings. The number of carboxylic acids is 1. The predicted octanol–water partition coefficient (Wildman–Crippen LogP) is 3.51. The Labute approximate surface area is 125 Å².